The largest absolute Gasteiger partial charge is 0.296 e. The maximum absolute atomic E-state index is 11.0. The number of hydrogen-bond donors (Lipinski definition) is 1. The molecule has 0 atom stereocenters. The van der Waals surface area contributed by atoms with Gasteiger partial charge in [-0.15, -0.1) is 0 Å². The van der Waals surface area contributed by atoms with Crippen LogP contribution in [0.1, 0.15) is 20.8 Å². The molecule has 0 radical (unpaired) electrons. The van der Waals surface area contributed by atoms with Crippen molar-refractivity contribution >= 4 is 11.5 Å². The summed E-state index contributed by atoms with van der Waals surface area (Å²) in [6.45, 7) is 5.34. The zero-order valence-corrected chi connectivity index (χ0v) is 5.86. The molecule has 0 unspecified atom stereocenters. The van der Waals surface area contributed by atoms with E-state index in [-0.39, 0.29) is 5.78 Å². The molecule has 0 bridgehead atoms. The molecule has 0 aromatic heterocycles. The van der Waals surface area contributed by atoms with Crippen LogP contribution in [0.2, 0.25) is 0 Å². The third-order valence-corrected chi connectivity index (χ3v) is 1.40. The van der Waals surface area contributed by atoms with Gasteiger partial charge in [-0.05, 0) is 20.8 Å². The molecule has 3 nitrogen and oxygen atoms in total. The van der Waals surface area contributed by atoms with Crippen LogP contribution in [0.4, 0.5) is 0 Å². The van der Waals surface area contributed by atoms with Crippen LogP contribution in [0.3, 0.4) is 0 Å². The van der Waals surface area contributed by atoms with Crippen molar-refractivity contribution in [2.75, 3.05) is 0 Å². The number of ketones is 1. The van der Waals surface area contributed by atoms with Crippen molar-refractivity contribution in [3.8, 4) is 0 Å². The van der Waals surface area contributed by atoms with Gasteiger partial charge in [0.25, 0.3) is 0 Å². The van der Waals surface area contributed by atoms with Crippen molar-refractivity contribution in [1.29, 1.82) is 0 Å². The highest BCUT2D eigenvalue weighted by molar-refractivity contribution is 6.43. The van der Waals surface area contributed by atoms with Crippen LogP contribution in [-0.2, 0) is 4.79 Å². The summed E-state index contributed by atoms with van der Waals surface area (Å²) < 4.78 is 0. The zero-order valence-electron chi connectivity index (χ0n) is 5.86. The molecule has 0 saturated carbocycles. The number of nitrogens with one attached hydrogen (secondary N) is 1. The summed E-state index contributed by atoms with van der Waals surface area (Å²) in [5.41, 5.74) is 2.84. The van der Waals surface area contributed by atoms with Crippen molar-refractivity contribution in [2.45, 2.75) is 26.3 Å². The predicted octanol–water partition coefficient (Wildman–Crippen LogP) is 0.313. The number of hydrogen-bond acceptors (Lipinski definition) is 3. The molecule has 0 saturated heterocycles. The maximum atomic E-state index is 11.0. The van der Waals surface area contributed by atoms with Gasteiger partial charge in [0.2, 0.25) is 5.78 Å². The number of hydrazone groups is 1. The fraction of sp³-hybridized carbons (Fsp3) is 0.667. The lowest BCUT2D eigenvalue weighted by atomic mass is 9.99. The van der Waals surface area contributed by atoms with E-state index in [0.29, 0.717) is 5.71 Å². The maximum Gasteiger partial charge on any atom is 0.204 e. The Kier molecular flexibility index (Phi) is 1.08. The van der Waals surface area contributed by atoms with E-state index in [0.717, 1.165) is 0 Å². The molecular weight excluding hydrogens is 116 g/mol. The lowest BCUT2D eigenvalue weighted by Gasteiger charge is -2.13. The molecule has 50 valence electrons. The summed E-state index contributed by atoms with van der Waals surface area (Å²) >= 11 is 0. The van der Waals surface area contributed by atoms with Gasteiger partial charge in [-0.1, -0.05) is 0 Å². The number of Topliss-reactive ketones (excluding diaryl/α,β-unsaturated/α-hetero) is 1. The van der Waals surface area contributed by atoms with E-state index in [1.807, 2.05) is 13.8 Å². The Morgan fingerprint density at radius 2 is 2.11 bits per heavy atom. The first kappa shape index (κ1) is 6.26. The van der Waals surface area contributed by atoms with Crippen molar-refractivity contribution in [3.05, 3.63) is 0 Å². The summed E-state index contributed by atoms with van der Waals surface area (Å²) in [5, 5.41) is 3.79. The van der Waals surface area contributed by atoms with Gasteiger partial charge in [0, 0.05) is 0 Å². The first-order valence-corrected chi connectivity index (χ1v) is 2.90. The highest BCUT2D eigenvalue weighted by Gasteiger charge is 2.33. The summed E-state index contributed by atoms with van der Waals surface area (Å²) in [5.74, 6) is 0.0856. The third-order valence-electron chi connectivity index (χ3n) is 1.40. The fourth-order valence-corrected chi connectivity index (χ4v) is 0.777. The second-order valence-electron chi connectivity index (χ2n) is 2.76. The summed E-state index contributed by atoms with van der Waals surface area (Å²) in [6, 6.07) is 0. The summed E-state index contributed by atoms with van der Waals surface area (Å²) in [6.07, 6.45) is 0. The van der Waals surface area contributed by atoms with Gasteiger partial charge < -0.3 is 0 Å². The van der Waals surface area contributed by atoms with Crippen LogP contribution in [0.25, 0.3) is 0 Å². The van der Waals surface area contributed by atoms with Crippen LogP contribution in [0.5, 0.6) is 0 Å². The molecule has 0 spiro atoms. The standard InChI is InChI=1S/C6H10N2O/c1-4-5(9)6(2,3)8-7-4/h8H,1-3H3. The Hall–Kier alpha value is -0.860. The lowest BCUT2D eigenvalue weighted by molar-refractivity contribution is -0.116. The van der Waals surface area contributed by atoms with E-state index in [1.165, 1.54) is 0 Å². The zero-order chi connectivity index (χ0) is 7.07. The van der Waals surface area contributed by atoms with Crippen LogP contribution < -0.4 is 5.43 Å². The van der Waals surface area contributed by atoms with Gasteiger partial charge in [-0.25, -0.2) is 0 Å². The molecule has 0 aromatic carbocycles. The van der Waals surface area contributed by atoms with Gasteiger partial charge in [0.15, 0.2) is 0 Å². The number of carbonyl (C=O) groups is 1. The van der Waals surface area contributed by atoms with Crippen LogP contribution in [0, 0.1) is 0 Å². The molecule has 0 aliphatic carbocycles. The average Bonchev–Trinajstić information content (AvgIpc) is 1.97. The predicted molar refractivity (Wildman–Crippen MR) is 35.3 cm³/mol. The molecule has 1 rings (SSSR count). The Morgan fingerprint density at radius 3 is 2.22 bits per heavy atom. The quantitative estimate of drug-likeness (QED) is 0.507. The van der Waals surface area contributed by atoms with Crippen molar-refractivity contribution in [1.82, 2.24) is 5.43 Å². The van der Waals surface area contributed by atoms with E-state index in [9.17, 15) is 4.79 Å². The van der Waals surface area contributed by atoms with Crippen LogP contribution >= 0.6 is 0 Å². The number of nitrogens with zero attached hydrogens (tertiary/aromatic N) is 1. The molecule has 1 heterocycles. The minimum Gasteiger partial charge on any atom is -0.296 e. The normalized spacial score (nSPS) is 23.4. The second-order valence-corrected chi connectivity index (χ2v) is 2.76. The van der Waals surface area contributed by atoms with E-state index >= 15 is 0 Å². The number of rotatable bonds is 0. The Morgan fingerprint density at radius 1 is 1.56 bits per heavy atom. The topological polar surface area (TPSA) is 41.5 Å². The van der Waals surface area contributed by atoms with Crippen LogP contribution in [0.15, 0.2) is 5.10 Å². The Bertz CT molecular complexity index is 181. The second kappa shape index (κ2) is 1.56. The monoisotopic (exact) mass is 126 g/mol. The van der Waals surface area contributed by atoms with E-state index in [1.54, 1.807) is 6.92 Å². The molecular formula is C6H10N2O. The third kappa shape index (κ3) is 0.823. The molecule has 0 fully saturated rings. The molecule has 1 aliphatic rings. The van der Waals surface area contributed by atoms with Crippen molar-refractivity contribution < 1.29 is 4.79 Å². The fourth-order valence-electron chi connectivity index (χ4n) is 0.777. The van der Waals surface area contributed by atoms with Gasteiger partial charge in [0.05, 0.1) is 0 Å². The molecule has 9 heavy (non-hydrogen) atoms. The molecule has 3 heteroatoms. The summed E-state index contributed by atoms with van der Waals surface area (Å²) in [7, 11) is 0. The summed E-state index contributed by atoms with van der Waals surface area (Å²) in [4.78, 5) is 11.0. The molecule has 0 amide bonds. The Balaban J connectivity index is 2.86. The van der Waals surface area contributed by atoms with Gasteiger partial charge in [-0.2, -0.15) is 5.10 Å². The van der Waals surface area contributed by atoms with E-state index in [4.69, 9.17) is 0 Å². The first-order valence-electron chi connectivity index (χ1n) is 2.90. The highest BCUT2D eigenvalue weighted by Crippen LogP contribution is 2.10. The minimum atomic E-state index is -0.468. The number of carbonyl (C=O) groups excluding carboxylic acids is 1. The molecule has 1 aliphatic heterocycles. The van der Waals surface area contributed by atoms with Crippen molar-refractivity contribution in [3.63, 3.8) is 0 Å². The van der Waals surface area contributed by atoms with Crippen molar-refractivity contribution in [2.24, 2.45) is 5.10 Å². The van der Waals surface area contributed by atoms with Gasteiger partial charge in [0.1, 0.15) is 11.3 Å². The van der Waals surface area contributed by atoms with E-state index < -0.39 is 5.54 Å². The van der Waals surface area contributed by atoms with Gasteiger partial charge in [-0.3, -0.25) is 10.2 Å². The lowest BCUT2D eigenvalue weighted by Crippen LogP contribution is -2.39. The SMILES string of the molecule is CC1=NNC(C)(C)C1=O. The molecule has 1 N–H and O–H groups in total. The van der Waals surface area contributed by atoms with Crippen LogP contribution in [-0.4, -0.2) is 17.0 Å². The minimum absolute atomic E-state index is 0.0856. The first-order chi connectivity index (χ1) is 4.04. The van der Waals surface area contributed by atoms with E-state index in [2.05, 4.69) is 10.5 Å². The molecule has 0 aromatic rings. The highest BCUT2D eigenvalue weighted by atomic mass is 16.1. The Labute approximate surface area is 54.1 Å². The average molecular weight is 126 g/mol. The van der Waals surface area contributed by atoms with Gasteiger partial charge >= 0.3 is 0 Å². The smallest absolute Gasteiger partial charge is 0.204 e.